The first-order valence-corrected chi connectivity index (χ1v) is 11.4. The van der Waals surface area contributed by atoms with Gasteiger partial charge < -0.3 is 14.8 Å². The van der Waals surface area contributed by atoms with Gasteiger partial charge in [-0.25, -0.2) is 8.42 Å². The van der Waals surface area contributed by atoms with Gasteiger partial charge in [0, 0.05) is 18.7 Å². The molecule has 0 heterocycles. The lowest BCUT2D eigenvalue weighted by Gasteiger charge is -2.18. The van der Waals surface area contributed by atoms with E-state index in [1.807, 2.05) is 18.2 Å². The Hall–Kier alpha value is -2.42. The number of hydrogen-bond donors (Lipinski definition) is 1. The summed E-state index contributed by atoms with van der Waals surface area (Å²) in [5.41, 5.74) is 1.55. The molecule has 0 bridgehead atoms. The summed E-state index contributed by atoms with van der Waals surface area (Å²) in [6.07, 6.45) is 0.731. The van der Waals surface area contributed by atoms with E-state index in [-0.39, 0.29) is 17.2 Å². The lowest BCUT2D eigenvalue weighted by molar-refractivity contribution is 0.0991. The molecular weight excluding hydrogens is 404 g/mol. The number of ether oxygens (including phenoxy) is 2. The van der Waals surface area contributed by atoms with Crippen molar-refractivity contribution in [3.63, 3.8) is 0 Å². The summed E-state index contributed by atoms with van der Waals surface area (Å²) in [6.45, 7) is 5.21. The lowest BCUT2D eigenvalue weighted by atomic mass is 10.1. The molecule has 30 heavy (non-hydrogen) atoms. The highest BCUT2D eigenvalue weighted by Gasteiger charge is 2.21. The first kappa shape index (κ1) is 23.9. The van der Waals surface area contributed by atoms with Gasteiger partial charge >= 0.3 is 0 Å². The van der Waals surface area contributed by atoms with Crippen LogP contribution in [-0.2, 0) is 16.4 Å². The maximum absolute atomic E-state index is 12.5. The average molecular weight is 435 g/mol. The number of methoxy groups -OCH3 is 2. The standard InChI is InChI=1S/C22H30N2O5S/c1-5-24(6-2)30(26,27)19-10-8-18(9-11-19)20(25)16-23-14-13-17-7-12-21(28-3)22(15-17)29-4/h7-12,15,23H,5-6,13-14,16H2,1-4H3. The van der Waals surface area contributed by atoms with Crippen LogP contribution in [0.3, 0.4) is 0 Å². The van der Waals surface area contributed by atoms with Crippen LogP contribution in [0.4, 0.5) is 0 Å². The van der Waals surface area contributed by atoms with Crippen molar-refractivity contribution < 1.29 is 22.7 Å². The smallest absolute Gasteiger partial charge is 0.243 e. The summed E-state index contributed by atoms with van der Waals surface area (Å²) in [4.78, 5) is 12.6. The Morgan fingerprint density at radius 1 is 0.967 bits per heavy atom. The number of ketones is 1. The fourth-order valence-electron chi connectivity index (χ4n) is 3.10. The second-order valence-electron chi connectivity index (χ2n) is 6.65. The van der Waals surface area contributed by atoms with E-state index in [2.05, 4.69) is 5.32 Å². The molecule has 7 nitrogen and oxygen atoms in total. The normalized spacial score (nSPS) is 11.5. The Morgan fingerprint density at radius 3 is 2.17 bits per heavy atom. The molecule has 0 aliphatic heterocycles. The number of carbonyl (C=O) groups excluding carboxylic acids is 1. The Morgan fingerprint density at radius 2 is 1.60 bits per heavy atom. The second-order valence-corrected chi connectivity index (χ2v) is 8.59. The van der Waals surface area contributed by atoms with E-state index < -0.39 is 10.0 Å². The first-order valence-electron chi connectivity index (χ1n) is 9.92. The van der Waals surface area contributed by atoms with Crippen LogP contribution in [0.5, 0.6) is 11.5 Å². The molecule has 8 heteroatoms. The van der Waals surface area contributed by atoms with E-state index in [1.54, 1.807) is 40.2 Å². The maximum Gasteiger partial charge on any atom is 0.243 e. The molecule has 0 aliphatic rings. The predicted octanol–water partition coefficient (Wildman–Crippen LogP) is 2.75. The molecule has 0 radical (unpaired) electrons. The number of carbonyl (C=O) groups is 1. The van der Waals surface area contributed by atoms with Crippen molar-refractivity contribution in [1.82, 2.24) is 9.62 Å². The minimum atomic E-state index is -3.52. The molecule has 0 aliphatic carbocycles. The Labute approximate surface area is 179 Å². The van der Waals surface area contributed by atoms with E-state index in [4.69, 9.17) is 9.47 Å². The van der Waals surface area contributed by atoms with Crippen LogP contribution in [0.1, 0.15) is 29.8 Å². The van der Waals surface area contributed by atoms with Crippen molar-refractivity contribution in [2.75, 3.05) is 40.4 Å². The number of sulfonamides is 1. The van der Waals surface area contributed by atoms with Crippen molar-refractivity contribution >= 4 is 15.8 Å². The van der Waals surface area contributed by atoms with Crippen LogP contribution in [0.25, 0.3) is 0 Å². The monoisotopic (exact) mass is 434 g/mol. The number of benzene rings is 2. The van der Waals surface area contributed by atoms with Crippen LogP contribution in [0.15, 0.2) is 47.4 Å². The van der Waals surface area contributed by atoms with Gasteiger partial charge in [-0.1, -0.05) is 32.0 Å². The minimum Gasteiger partial charge on any atom is -0.493 e. The van der Waals surface area contributed by atoms with Gasteiger partial charge in [-0.3, -0.25) is 4.79 Å². The fourth-order valence-corrected chi connectivity index (χ4v) is 4.56. The van der Waals surface area contributed by atoms with Crippen molar-refractivity contribution in [2.45, 2.75) is 25.2 Å². The van der Waals surface area contributed by atoms with Crippen LogP contribution >= 0.6 is 0 Å². The summed E-state index contributed by atoms with van der Waals surface area (Å²) in [5, 5.41) is 3.13. The lowest BCUT2D eigenvalue weighted by Crippen LogP contribution is -2.30. The molecule has 0 unspecified atom stereocenters. The number of Topliss-reactive ketones (excluding diaryl/α,β-unsaturated/α-hetero) is 1. The number of rotatable bonds is 12. The van der Waals surface area contributed by atoms with Crippen LogP contribution in [0.2, 0.25) is 0 Å². The van der Waals surface area contributed by atoms with Crippen LogP contribution in [0, 0.1) is 0 Å². The molecule has 1 N–H and O–H groups in total. The third-order valence-corrected chi connectivity index (χ3v) is 6.91. The van der Waals surface area contributed by atoms with Crippen molar-refractivity contribution in [1.29, 1.82) is 0 Å². The molecule has 2 aromatic carbocycles. The summed E-state index contributed by atoms with van der Waals surface area (Å²) in [7, 11) is -0.331. The highest BCUT2D eigenvalue weighted by atomic mass is 32.2. The highest BCUT2D eigenvalue weighted by molar-refractivity contribution is 7.89. The summed E-state index contributed by atoms with van der Waals surface area (Å²) < 4.78 is 36.9. The van der Waals surface area contributed by atoms with Gasteiger partial charge in [-0.05, 0) is 42.8 Å². The fraction of sp³-hybridized carbons (Fsp3) is 0.409. The van der Waals surface area contributed by atoms with Crippen molar-refractivity contribution in [3.8, 4) is 11.5 Å². The topological polar surface area (TPSA) is 84.9 Å². The molecular formula is C22H30N2O5S. The molecule has 0 saturated heterocycles. The van der Waals surface area contributed by atoms with Gasteiger partial charge in [0.25, 0.3) is 0 Å². The second kappa shape index (κ2) is 11.1. The van der Waals surface area contributed by atoms with Gasteiger partial charge in [-0.2, -0.15) is 4.31 Å². The summed E-state index contributed by atoms with van der Waals surface area (Å²) >= 11 is 0. The molecule has 164 valence electrons. The van der Waals surface area contributed by atoms with E-state index in [0.717, 1.165) is 12.0 Å². The average Bonchev–Trinajstić information content (AvgIpc) is 2.77. The summed E-state index contributed by atoms with van der Waals surface area (Å²) in [6, 6.07) is 11.8. The van der Waals surface area contributed by atoms with Crippen LogP contribution in [-0.4, -0.2) is 58.9 Å². The Balaban J connectivity index is 1.90. The molecule has 0 fully saturated rings. The highest BCUT2D eigenvalue weighted by Crippen LogP contribution is 2.27. The number of nitrogens with one attached hydrogen (secondary N) is 1. The van der Waals surface area contributed by atoms with E-state index in [0.29, 0.717) is 36.7 Å². The number of hydrogen-bond acceptors (Lipinski definition) is 6. The molecule has 0 amide bonds. The quantitative estimate of drug-likeness (QED) is 0.408. The van der Waals surface area contributed by atoms with E-state index in [9.17, 15) is 13.2 Å². The molecule has 0 saturated carbocycles. The van der Waals surface area contributed by atoms with Gasteiger partial charge in [0.05, 0.1) is 25.7 Å². The van der Waals surface area contributed by atoms with Gasteiger partial charge in [0.15, 0.2) is 17.3 Å². The SMILES string of the molecule is CCN(CC)S(=O)(=O)c1ccc(C(=O)CNCCc2ccc(OC)c(OC)c2)cc1. The molecule has 0 spiro atoms. The Bertz CT molecular complexity index is 939. The van der Waals surface area contributed by atoms with Gasteiger partial charge in [0.1, 0.15) is 0 Å². The molecule has 2 aromatic rings. The Kier molecular flexibility index (Phi) is 8.83. The zero-order valence-electron chi connectivity index (χ0n) is 18.0. The molecule has 2 rings (SSSR count). The van der Waals surface area contributed by atoms with E-state index in [1.165, 1.54) is 16.4 Å². The first-order chi connectivity index (χ1) is 14.4. The number of nitrogens with zero attached hydrogens (tertiary/aromatic N) is 1. The largest absolute Gasteiger partial charge is 0.493 e. The summed E-state index contributed by atoms with van der Waals surface area (Å²) in [5.74, 6) is 1.26. The maximum atomic E-state index is 12.5. The molecule has 0 aromatic heterocycles. The van der Waals surface area contributed by atoms with Crippen molar-refractivity contribution in [3.05, 3.63) is 53.6 Å². The zero-order chi connectivity index (χ0) is 22.1. The zero-order valence-corrected chi connectivity index (χ0v) is 18.8. The third-order valence-electron chi connectivity index (χ3n) is 4.84. The predicted molar refractivity (Wildman–Crippen MR) is 117 cm³/mol. The van der Waals surface area contributed by atoms with Crippen LogP contribution < -0.4 is 14.8 Å². The van der Waals surface area contributed by atoms with Gasteiger partial charge in [-0.15, -0.1) is 0 Å². The third kappa shape index (κ3) is 5.81. The van der Waals surface area contributed by atoms with Gasteiger partial charge in [0.2, 0.25) is 10.0 Å². The van der Waals surface area contributed by atoms with Crippen molar-refractivity contribution in [2.24, 2.45) is 0 Å². The van der Waals surface area contributed by atoms with E-state index >= 15 is 0 Å². The molecule has 0 atom stereocenters. The minimum absolute atomic E-state index is 0.0888.